The largest absolute Gasteiger partial charge is 0.299 e. The summed E-state index contributed by atoms with van der Waals surface area (Å²) < 4.78 is 0. The molecule has 1 saturated carbocycles. The molecule has 0 heterocycles. The van der Waals surface area contributed by atoms with Crippen molar-refractivity contribution in [2.24, 2.45) is 10.5 Å². The fraction of sp³-hybridized carbons (Fsp3) is 0.750. The minimum Gasteiger partial charge on any atom is -0.299 e. The molecule has 70 valence electrons. The summed E-state index contributed by atoms with van der Waals surface area (Å²) in [6.07, 6.45) is 0.616. The van der Waals surface area contributed by atoms with Crippen LogP contribution in [-0.4, -0.2) is 17.6 Å². The van der Waals surface area contributed by atoms with E-state index < -0.39 is 6.04 Å². The average Bonchev–Trinajstić information content (AvgIpc) is 1.94. The van der Waals surface area contributed by atoms with Gasteiger partial charge in [-0.2, -0.15) is 0 Å². The standard InChI is InChI=1S/C8H11N3O2/c1-8(2)3-5(12)7(10-11-9)6(13)4-8/h7H,3-4H2,1-2H3. The molecule has 0 amide bonds. The van der Waals surface area contributed by atoms with Crippen molar-refractivity contribution in [2.75, 3.05) is 0 Å². The summed E-state index contributed by atoms with van der Waals surface area (Å²) in [6.45, 7) is 3.71. The molecule has 1 rings (SSSR count). The van der Waals surface area contributed by atoms with Crippen LogP contribution in [0.15, 0.2) is 5.11 Å². The van der Waals surface area contributed by atoms with Crippen LogP contribution in [0.1, 0.15) is 26.7 Å². The fourth-order valence-electron chi connectivity index (χ4n) is 1.56. The van der Waals surface area contributed by atoms with Gasteiger partial charge in [-0.05, 0) is 10.9 Å². The second-order valence-corrected chi connectivity index (χ2v) is 4.06. The highest BCUT2D eigenvalue weighted by atomic mass is 16.2. The van der Waals surface area contributed by atoms with E-state index in [0.29, 0.717) is 12.8 Å². The Labute approximate surface area is 75.7 Å². The van der Waals surface area contributed by atoms with Gasteiger partial charge in [0.05, 0.1) is 0 Å². The van der Waals surface area contributed by atoms with Crippen molar-refractivity contribution >= 4 is 11.6 Å². The highest BCUT2D eigenvalue weighted by molar-refractivity contribution is 6.09. The first-order chi connectivity index (χ1) is 5.96. The van der Waals surface area contributed by atoms with Gasteiger partial charge in [0.25, 0.3) is 0 Å². The van der Waals surface area contributed by atoms with Crippen LogP contribution >= 0.6 is 0 Å². The van der Waals surface area contributed by atoms with Crippen LogP contribution in [0.4, 0.5) is 0 Å². The summed E-state index contributed by atoms with van der Waals surface area (Å²) >= 11 is 0. The maximum atomic E-state index is 11.3. The molecule has 0 aliphatic heterocycles. The Hall–Kier alpha value is -1.35. The Bertz CT molecular complexity index is 283. The lowest BCUT2D eigenvalue weighted by molar-refractivity contribution is -0.135. The van der Waals surface area contributed by atoms with Crippen molar-refractivity contribution < 1.29 is 9.59 Å². The number of rotatable bonds is 1. The van der Waals surface area contributed by atoms with Gasteiger partial charge in [-0.25, -0.2) is 0 Å². The summed E-state index contributed by atoms with van der Waals surface area (Å²) in [6, 6.07) is -1.07. The molecule has 0 atom stereocenters. The summed E-state index contributed by atoms with van der Waals surface area (Å²) in [4.78, 5) is 25.1. The lowest BCUT2D eigenvalue weighted by atomic mass is 9.74. The highest BCUT2D eigenvalue weighted by Gasteiger charge is 2.38. The van der Waals surface area contributed by atoms with E-state index >= 15 is 0 Å². The number of hydrogen-bond donors (Lipinski definition) is 0. The van der Waals surface area contributed by atoms with Gasteiger partial charge >= 0.3 is 0 Å². The van der Waals surface area contributed by atoms with Gasteiger partial charge in [0, 0.05) is 17.8 Å². The molecule has 1 aliphatic rings. The second-order valence-electron chi connectivity index (χ2n) is 4.06. The van der Waals surface area contributed by atoms with Gasteiger partial charge in [0.1, 0.15) is 11.6 Å². The zero-order chi connectivity index (χ0) is 10.1. The molecule has 0 bridgehead atoms. The molecular formula is C8H11N3O2. The SMILES string of the molecule is CC1(C)CC(=O)C(N=[N+]=[N-])C(=O)C1. The molecule has 0 N–H and O–H groups in total. The van der Waals surface area contributed by atoms with Crippen LogP contribution in [0.2, 0.25) is 0 Å². The van der Waals surface area contributed by atoms with Gasteiger partial charge < -0.3 is 0 Å². The van der Waals surface area contributed by atoms with Gasteiger partial charge in [-0.15, -0.1) is 0 Å². The van der Waals surface area contributed by atoms with Crippen LogP contribution < -0.4 is 0 Å². The third-order valence-corrected chi connectivity index (χ3v) is 2.08. The van der Waals surface area contributed by atoms with Crippen molar-refractivity contribution in [1.29, 1.82) is 0 Å². The molecule has 1 fully saturated rings. The first-order valence-corrected chi connectivity index (χ1v) is 4.06. The van der Waals surface area contributed by atoms with Crippen molar-refractivity contribution in [2.45, 2.75) is 32.7 Å². The van der Waals surface area contributed by atoms with E-state index in [0.717, 1.165) is 0 Å². The third-order valence-electron chi connectivity index (χ3n) is 2.08. The molecule has 13 heavy (non-hydrogen) atoms. The van der Waals surface area contributed by atoms with Gasteiger partial charge in [0.2, 0.25) is 0 Å². The van der Waals surface area contributed by atoms with Gasteiger partial charge in [0.15, 0.2) is 6.04 Å². The maximum absolute atomic E-state index is 11.3. The molecule has 0 spiro atoms. The van der Waals surface area contributed by atoms with Crippen LogP contribution in [0.5, 0.6) is 0 Å². The topological polar surface area (TPSA) is 82.9 Å². The van der Waals surface area contributed by atoms with Crippen molar-refractivity contribution in [3.8, 4) is 0 Å². The lowest BCUT2D eigenvalue weighted by Crippen LogP contribution is -2.40. The van der Waals surface area contributed by atoms with Crippen LogP contribution in [-0.2, 0) is 9.59 Å². The molecule has 0 radical (unpaired) electrons. The number of nitrogens with zero attached hydrogens (tertiary/aromatic N) is 3. The normalized spacial score (nSPS) is 22.6. The minimum absolute atomic E-state index is 0.265. The number of carbonyl (C=O) groups is 2. The van der Waals surface area contributed by atoms with Gasteiger partial charge in [-0.1, -0.05) is 19.0 Å². The smallest absolute Gasteiger partial charge is 0.154 e. The minimum atomic E-state index is -1.07. The Morgan fingerprint density at radius 1 is 1.38 bits per heavy atom. The molecule has 5 heteroatoms. The number of azide groups is 1. The average molecular weight is 181 g/mol. The first-order valence-electron chi connectivity index (χ1n) is 4.06. The van der Waals surface area contributed by atoms with Crippen molar-refractivity contribution in [1.82, 2.24) is 0 Å². The van der Waals surface area contributed by atoms with Crippen LogP contribution in [0.25, 0.3) is 10.4 Å². The summed E-state index contributed by atoms with van der Waals surface area (Å²) in [5.41, 5.74) is 7.86. The molecule has 0 aromatic carbocycles. The summed E-state index contributed by atoms with van der Waals surface area (Å²) in [5.74, 6) is -0.530. The Morgan fingerprint density at radius 3 is 2.23 bits per heavy atom. The van der Waals surface area contributed by atoms with E-state index in [-0.39, 0.29) is 17.0 Å². The zero-order valence-corrected chi connectivity index (χ0v) is 7.65. The van der Waals surface area contributed by atoms with E-state index in [4.69, 9.17) is 5.53 Å². The monoisotopic (exact) mass is 181 g/mol. The molecule has 1 aliphatic carbocycles. The van der Waals surface area contributed by atoms with Crippen LogP contribution in [0, 0.1) is 5.41 Å². The summed E-state index contributed by atoms with van der Waals surface area (Å²) in [7, 11) is 0. The molecule has 0 saturated heterocycles. The van der Waals surface area contributed by atoms with E-state index in [1.807, 2.05) is 13.8 Å². The highest BCUT2D eigenvalue weighted by Crippen LogP contribution is 2.32. The Morgan fingerprint density at radius 2 is 1.85 bits per heavy atom. The molecule has 0 unspecified atom stereocenters. The maximum Gasteiger partial charge on any atom is 0.154 e. The van der Waals surface area contributed by atoms with E-state index in [1.54, 1.807) is 0 Å². The zero-order valence-electron chi connectivity index (χ0n) is 7.65. The predicted octanol–water partition coefficient (Wildman–Crippen LogP) is 1.62. The predicted molar refractivity (Wildman–Crippen MR) is 46.0 cm³/mol. The van der Waals surface area contributed by atoms with E-state index in [9.17, 15) is 9.59 Å². The molecule has 0 aromatic rings. The quantitative estimate of drug-likeness (QED) is 0.266. The van der Waals surface area contributed by atoms with Crippen molar-refractivity contribution in [3.05, 3.63) is 10.4 Å². The first kappa shape index (κ1) is 9.74. The van der Waals surface area contributed by atoms with E-state index in [2.05, 4.69) is 10.0 Å². The molecule has 5 nitrogen and oxygen atoms in total. The number of ketones is 2. The second kappa shape index (κ2) is 3.18. The van der Waals surface area contributed by atoms with E-state index in [1.165, 1.54) is 0 Å². The third kappa shape index (κ3) is 2.06. The number of hydrogen-bond acceptors (Lipinski definition) is 3. The Kier molecular flexibility index (Phi) is 2.38. The molecule has 0 aromatic heterocycles. The number of Topliss-reactive ketones (excluding diaryl/α,β-unsaturated/α-hetero) is 2. The lowest BCUT2D eigenvalue weighted by Gasteiger charge is -2.29. The molecular weight excluding hydrogens is 170 g/mol. The number of carbonyl (C=O) groups excluding carboxylic acids is 2. The van der Waals surface area contributed by atoms with Crippen LogP contribution in [0.3, 0.4) is 0 Å². The van der Waals surface area contributed by atoms with Gasteiger partial charge in [-0.3, -0.25) is 9.59 Å². The Balaban J connectivity index is 2.88. The van der Waals surface area contributed by atoms with Crippen molar-refractivity contribution in [3.63, 3.8) is 0 Å². The fourth-order valence-corrected chi connectivity index (χ4v) is 1.56. The summed E-state index contributed by atoms with van der Waals surface area (Å²) in [5, 5.41) is 3.19.